The first kappa shape index (κ1) is 18.3. The highest BCUT2D eigenvalue weighted by atomic mass is 79.9. The predicted molar refractivity (Wildman–Crippen MR) is 99.6 cm³/mol. The molecule has 0 unspecified atom stereocenters. The summed E-state index contributed by atoms with van der Waals surface area (Å²) in [6, 6.07) is 11.3. The van der Waals surface area contributed by atoms with Crippen molar-refractivity contribution in [3.05, 3.63) is 57.5 Å². The summed E-state index contributed by atoms with van der Waals surface area (Å²) in [5.41, 5.74) is 6.65. The van der Waals surface area contributed by atoms with Crippen molar-refractivity contribution in [2.75, 3.05) is 23.7 Å². The van der Waals surface area contributed by atoms with Crippen LogP contribution < -0.4 is 21.7 Å². The molecule has 0 saturated carbocycles. The molecule has 0 aromatic heterocycles. The van der Waals surface area contributed by atoms with Gasteiger partial charge in [0.2, 0.25) is 0 Å². The molecule has 0 aliphatic rings. The molecule has 0 heterocycles. The zero-order chi connectivity index (χ0) is 17.5. The molecule has 6 nitrogen and oxygen atoms in total. The zero-order valence-electron chi connectivity index (χ0n) is 12.6. The summed E-state index contributed by atoms with van der Waals surface area (Å²) in [7, 11) is 0. The third-order valence-corrected chi connectivity index (χ3v) is 3.65. The van der Waals surface area contributed by atoms with Gasteiger partial charge in [0.15, 0.2) is 0 Å². The van der Waals surface area contributed by atoms with Crippen LogP contribution in [0.2, 0.25) is 5.02 Å². The summed E-state index contributed by atoms with van der Waals surface area (Å²) in [5.74, 6) is -0.304. The van der Waals surface area contributed by atoms with Crippen molar-refractivity contribution < 1.29 is 9.59 Å². The molecule has 2 rings (SSSR count). The maximum absolute atomic E-state index is 12.2. The molecule has 2 aromatic carbocycles. The highest BCUT2D eigenvalue weighted by Crippen LogP contribution is 2.23. The Balaban J connectivity index is 2.10. The minimum Gasteiger partial charge on any atom is -0.351 e. The Labute approximate surface area is 152 Å². The van der Waals surface area contributed by atoms with Gasteiger partial charge in [-0.15, -0.1) is 0 Å². The zero-order valence-corrected chi connectivity index (χ0v) is 14.9. The molecule has 8 heteroatoms. The van der Waals surface area contributed by atoms with Crippen molar-refractivity contribution in [3.63, 3.8) is 0 Å². The highest BCUT2D eigenvalue weighted by molar-refractivity contribution is 9.10. The maximum atomic E-state index is 12.2. The first-order valence-electron chi connectivity index (χ1n) is 7.11. The number of carbonyl (C=O) groups excluding carboxylic acids is 2. The SMILES string of the molecule is NCCNC(=O)c1ccccc1NC(=O)Nc1cc(Cl)cc(Br)c1. The number of nitrogens with one attached hydrogen (secondary N) is 3. The normalized spacial score (nSPS) is 10.1. The van der Waals surface area contributed by atoms with Gasteiger partial charge >= 0.3 is 6.03 Å². The standard InChI is InChI=1S/C16H16BrClN4O2/c17-10-7-11(18)9-12(8-10)21-16(24)22-14-4-2-1-3-13(14)15(23)20-6-5-19/h1-4,7-9H,5-6,19H2,(H,20,23)(H2,21,22,24). The van der Waals surface area contributed by atoms with E-state index < -0.39 is 6.03 Å². The lowest BCUT2D eigenvalue weighted by atomic mass is 10.1. The Hall–Kier alpha value is -2.09. The van der Waals surface area contributed by atoms with Gasteiger partial charge in [0, 0.05) is 28.3 Å². The second-order valence-corrected chi connectivity index (χ2v) is 6.18. The van der Waals surface area contributed by atoms with Crippen LogP contribution in [0, 0.1) is 0 Å². The molecule has 0 atom stereocenters. The fourth-order valence-corrected chi connectivity index (χ4v) is 2.84. The molecule has 3 amide bonds. The van der Waals surface area contributed by atoms with Crippen LogP contribution in [0.5, 0.6) is 0 Å². The van der Waals surface area contributed by atoms with Crippen LogP contribution >= 0.6 is 27.5 Å². The number of urea groups is 1. The Morgan fingerprint density at radius 1 is 1.12 bits per heavy atom. The average molecular weight is 412 g/mol. The van der Waals surface area contributed by atoms with E-state index in [0.29, 0.717) is 35.1 Å². The predicted octanol–water partition coefficient (Wildman–Crippen LogP) is 3.44. The van der Waals surface area contributed by atoms with E-state index in [1.807, 2.05) is 0 Å². The number of hydrogen-bond donors (Lipinski definition) is 4. The van der Waals surface area contributed by atoms with E-state index in [0.717, 1.165) is 4.47 Å². The number of hydrogen-bond acceptors (Lipinski definition) is 3. The Morgan fingerprint density at radius 2 is 1.88 bits per heavy atom. The van der Waals surface area contributed by atoms with Gasteiger partial charge < -0.3 is 21.7 Å². The van der Waals surface area contributed by atoms with Crippen LogP contribution in [0.1, 0.15) is 10.4 Å². The Morgan fingerprint density at radius 3 is 2.58 bits per heavy atom. The lowest BCUT2D eigenvalue weighted by Gasteiger charge is -2.12. The van der Waals surface area contributed by atoms with Gasteiger partial charge in [0.05, 0.1) is 11.3 Å². The lowest BCUT2D eigenvalue weighted by Crippen LogP contribution is -2.30. The van der Waals surface area contributed by atoms with Crippen LogP contribution in [0.4, 0.5) is 16.2 Å². The molecule has 0 spiro atoms. The van der Waals surface area contributed by atoms with Crippen LogP contribution in [0.25, 0.3) is 0 Å². The molecule has 2 aromatic rings. The van der Waals surface area contributed by atoms with E-state index in [9.17, 15) is 9.59 Å². The summed E-state index contributed by atoms with van der Waals surface area (Å²) < 4.78 is 0.742. The van der Waals surface area contributed by atoms with Gasteiger partial charge in [-0.1, -0.05) is 39.7 Å². The van der Waals surface area contributed by atoms with Gasteiger partial charge in [-0.2, -0.15) is 0 Å². The molecule has 0 aliphatic heterocycles. The van der Waals surface area contributed by atoms with Crippen LogP contribution in [-0.4, -0.2) is 25.0 Å². The molecule has 0 aliphatic carbocycles. The molecular formula is C16H16BrClN4O2. The van der Waals surface area contributed by atoms with Gasteiger partial charge in [-0.05, 0) is 30.3 Å². The van der Waals surface area contributed by atoms with E-state index in [2.05, 4.69) is 31.9 Å². The molecular weight excluding hydrogens is 396 g/mol. The van der Waals surface area contributed by atoms with Crippen molar-refractivity contribution >= 4 is 50.8 Å². The smallest absolute Gasteiger partial charge is 0.323 e. The molecule has 126 valence electrons. The monoisotopic (exact) mass is 410 g/mol. The minimum absolute atomic E-state index is 0.304. The van der Waals surface area contributed by atoms with E-state index in [-0.39, 0.29) is 5.91 Å². The van der Waals surface area contributed by atoms with E-state index in [1.54, 1.807) is 42.5 Å². The summed E-state index contributed by atoms with van der Waals surface area (Å²) in [4.78, 5) is 24.3. The van der Waals surface area contributed by atoms with Crippen molar-refractivity contribution in [1.82, 2.24) is 5.32 Å². The van der Waals surface area contributed by atoms with Crippen LogP contribution in [0.3, 0.4) is 0 Å². The molecule has 0 radical (unpaired) electrons. The van der Waals surface area contributed by atoms with E-state index in [1.165, 1.54) is 0 Å². The lowest BCUT2D eigenvalue weighted by molar-refractivity contribution is 0.0955. The fourth-order valence-electron chi connectivity index (χ4n) is 1.98. The summed E-state index contributed by atoms with van der Waals surface area (Å²) in [6.45, 7) is 0.696. The summed E-state index contributed by atoms with van der Waals surface area (Å²) in [5, 5.41) is 8.47. The van der Waals surface area contributed by atoms with E-state index in [4.69, 9.17) is 17.3 Å². The van der Waals surface area contributed by atoms with E-state index >= 15 is 0 Å². The highest BCUT2D eigenvalue weighted by Gasteiger charge is 2.12. The van der Waals surface area contributed by atoms with Crippen molar-refractivity contribution in [1.29, 1.82) is 0 Å². The second kappa shape index (κ2) is 8.68. The Kier molecular flexibility index (Phi) is 6.60. The quantitative estimate of drug-likeness (QED) is 0.607. The number of amides is 3. The average Bonchev–Trinajstić information content (AvgIpc) is 2.52. The van der Waals surface area contributed by atoms with Gasteiger partial charge in [-0.25, -0.2) is 4.79 Å². The largest absolute Gasteiger partial charge is 0.351 e. The summed E-state index contributed by atoms with van der Waals surface area (Å²) in [6.07, 6.45) is 0. The molecule has 0 bridgehead atoms. The number of para-hydroxylation sites is 1. The maximum Gasteiger partial charge on any atom is 0.323 e. The molecule has 24 heavy (non-hydrogen) atoms. The summed E-state index contributed by atoms with van der Waals surface area (Å²) >= 11 is 9.25. The number of carbonyl (C=O) groups is 2. The fraction of sp³-hybridized carbons (Fsp3) is 0.125. The molecule has 0 fully saturated rings. The number of benzene rings is 2. The topological polar surface area (TPSA) is 96.2 Å². The minimum atomic E-state index is -0.483. The Bertz CT molecular complexity index is 734. The molecule has 0 saturated heterocycles. The second-order valence-electron chi connectivity index (χ2n) is 4.83. The molecule has 5 N–H and O–H groups in total. The van der Waals surface area contributed by atoms with Gasteiger partial charge in [-0.3, -0.25) is 4.79 Å². The van der Waals surface area contributed by atoms with Crippen molar-refractivity contribution in [2.45, 2.75) is 0 Å². The number of anilines is 2. The third kappa shape index (κ3) is 5.23. The van der Waals surface area contributed by atoms with Crippen LogP contribution in [0.15, 0.2) is 46.9 Å². The third-order valence-electron chi connectivity index (χ3n) is 2.97. The number of halogens is 2. The first-order valence-corrected chi connectivity index (χ1v) is 8.28. The number of rotatable bonds is 5. The van der Waals surface area contributed by atoms with Crippen molar-refractivity contribution in [2.24, 2.45) is 5.73 Å². The van der Waals surface area contributed by atoms with Gasteiger partial charge in [0.1, 0.15) is 0 Å². The van der Waals surface area contributed by atoms with Crippen molar-refractivity contribution in [3.8, 4) is 0 Å². The van der Waals surface area contributed by atoms with Gasteiger partial charge in [0.25, 0.3) is 5.91 Å². The first-order chi connectivity index (χ1) is 11.5. The van der Waals surface area contributed by atoms with Crippen LogP contribution in [-0.2, 0) is 0 Å². The number of nitrogens with two attached hydrogens (primary N) is 1.